The van der Waals surface area contributed by atoms with Crippen molar-refractivity contribution in [3.8, 4) is 11.5 Å². The van der Waals surface area contributed by atoms with Gasteiger partial charge in [0, 0.05) is 20.7 Å². The molecule has 1 aromatic heterocycles. The van der Waals surface area contributed by atoms with Crippen LogP contribution in [0.25, 0.3) is 11.5 Å². The lowest BCUT2D eigenvalue weighted by Crippen LogP contribution is -2.12. The monoisotopic (exact) mass is 439 g/mol. The molecule has 4 aromatic rings. The highest BCUT2D eigenvalue weighted by atomic mass is 79.9. The van der Waals surface area contributed by atoms with Crippen molar-refractivity contribution in [1.29, 1.82) is 0 Å². The van der Waals surface area contributed by atoms with Gasteiger partial charge in [-0.05, 0) is 54.1 Å². The number of nitrogens with one attached hydrogen (secondary N) is 1. The van der Waals surface area contributed by atoms with Gasteiger partial charge in [-0.2, -0.15) is 0 Å². The standard InChI is InChI=1S/C21H15BrClN3O/c22-16-8-12-18(13-9-16)24-19(14-6-10-17(23)11-7-14)21-26-25-20(27-21)15-4-2-1-3-5-15/h1-13,19,24H/t19-/m1/s1. The summed E-state index contributed by atoms with van der Waals surface area (Å²) in [6, 6.07) is 24.9. The number of hydrogen-bond acceptors (Lipinski definition) is 4. The van der Waals surface area contributed by atoms with Crippen molar-refractivity contribution < 1.29 is 4.42 Å². The van der Waals surface area contributed by atoms with Crippen molar-refractivity contribution in [3.05, 3.63) is 99.8 Å². The third-order valence-electron chi connectivity index (χ3n) is 4.07. The van der Waals surface area contributed by atoms with Gasteiger partial charge in [-0.25, -0.2) is 0 Å². The van der Waals surface area contributed by atoms with Gasteiger partial charge in [0.15, 0.2) is 0 Å². The van der Waals surface area contributed by atoms with E-state index in [9.17, 15) is 0 Å². The second-order valence-electron chi connectivity index (χ2n) is 5.95. The fraction of sp³-hybridized carbons (Fsp3) is 0.0476. The Labute approximate surface area is 170 Å². The fourth-order valence-corrected chi connectivity index (χ4v) is 3.09. The lowest BCUT2D eigenvalue weighted by Gasteiger charge is -2.17. The van der Waals surface area contributed by atoms with Crippen molar-refractivity contribution in [2.75, 3.05) is 5.32 Å². The van der Waals surface area contributed by atoms with Gasteiger partial charge in [-0.3, -0.25) is 0 Å². The van der Waals surface area contributed by atoms with Crippen molar-refractivity contribution in [2.45, 2.75) is 6.04 Å². The van der Waals surface area contributed by atoms with Crippen LogP contribution in [0.2, 0.25) is 5.02 Å². The zero-order valence-electron chi connectivity index (χ0n) is 14.1. The molecular weight excluding hydrogens is 426 g/mol. The summed E-state index contributed by atoms with van der Waals surface area (Å²) < 4.78 is 7.00. The SMILES string of the molecule is Clc1ccc([C@@H](Nc2ccc(Br)cc2)c2nnc(-c3ccccc3)o2)cc1. The third kappa shape index (κ3) is 4.21. The topological polar surface area (TPSA) is 51.0 Å². The van der Waals surface area contributed by atoms with Crippen molar-refractivity contribution in [1.82, 2.24) is 10.2 Å². The second kappa shape index (κ2) is 7.94. The Bertz CT molecular complexity index is 1020. The molecule has 4 nitrogen and oxygen atoms in total. The van der Waals surface area contributed by atoms with Gasteiger partial charge in [0.2, 0.25) is 11.8 Å². The van der Waals surface area contributed by atoms with Crippen molar-refractivity contribution in [3.63, 3.8) is 0 Å². The highest BCUT2D eigenvalue weighted by Gasteiger charge is 2.21. The molecule has 1 atom stereocenters. The molecule has 1 heterocycles. The Hall–Kier alpha value is -2.63. The van der Waals surface area contributed by atoms with Crippen LogP contribution in [0.4, 0.5) is 5.69 Å². The molecule has 134 valence electrons. The minimum absolute atomic E-state index is 0.298. The molecule has 27 heavy (non-hydrogen) atoms. The number of nitrogens with zero attached hydrogens (tertiary/aromatic N) is 2. The maximum atomic E-state index is 6.05. The smallest absolute Gasteiger partial charge is 0.247 e. The average Bonchev–Trinajstić information content (AvgIpc) is 3.19. The molecular formula is C21H15BrClN3O. The van der Waals surface area contributed by atoms with E-state index in [1.807, 2.05) is 78.9 Å². The molecule has 0 unspecified atom stereocenters. The maximum Gasteiger partial charge on any atom is 0.247 e. The summed E-state index contributed by atoms with van der Waals surface area (Å²) in [5, 5.41) is 12.6. The van der Waals surface area contributed by atoms with E-state index in [0.29, 0.717) is 16.8 Å². The van der Waals surface area contributed by atoms with E-state index in [-0.39, 0.29) is 6.04 Å². The van der Waals surface area contributed by atoms with Gasteiger partial charge in [0.25, 0.3) is 0 Å². The number of benzene rings is 3. The molecule has 0 fully saturated rings. The third-order valence-corrected chi connectivity index (χ3v) is 4.85. The fourth-order valence-electron chi connectivity index (χ4n) is 2.70. The summed E-state index contributed by atoms with van der Waals surface area (Å²) in [6.07, 6.45) is 0. The molecule has 0 aliphatic heterocycles. The summed E-state index contributed by atoms with van der Waals surface area (Å²) in [7, 11) is 0. The van der Waals surface area contributed by atoms with Gasteiger partial charge in [-0.15, -0.1) is 10.2 Å². The lowest BCUT2D eigenvalue weighted by atomic mass is 10.1. The summed E-state index contributed by atoms with van der Waals surface area (Å²) in [5.41, 5.74) is 2.80. The average molecular weight is 441 g/mol. The molecule has 4 rings (SSSR count). The summed E-state index contributed by atoms with van der Waals surface area (Å²) in [5.74, 6) is 0.973. The van der Waals surface area contributed by atoms with Crippen LogP contribution in [0.15, 0.2) is 87.8 Å². The first kappa shape index (κ1) is 17.8. The molecule has 1 N–H and O–H groups in total. The molecule has 0 aliphatic carbocycles. The highest BCUT2D eigenvalue weighted by molar-refractivity contribution is 9.10. The van der Waals surface area contributed by atoms with E-state index in [0.717, 1.165) is 21.3 Å². The van der Waals surface area contributed by atoms with Crippen molar-refractivity contribution >= 4 is 33.2 Å². The Morgan fingerprint density at radius 2 is 1.56 bits per heavy atom. The molecule has 6 heteroatoms. The van der Waals surface area contributed by atoms with Crippen LogP contribution in [0.5, 0.6) is 0 Å². The molecule has 0 amide bonds. The van der Waals surface area contributed by atoms with Crippen LogP contribution in [0.1, 0.15) is 17.5 Å². The van der Waals surface area contributed by atoms with E-state index < -0.39 is 0 Å². The Morgan fingerprint density at radius 3 is 2.26 bits per heavy atom. The quantitative estimate of drug-likeness (QED) is 0.392. The highest BCUT2D eigenvalue weighted by Crippen LogP contribution is 2.29. The first-order valence-electron chi connectivity index (χ1n) is 8.35. The van der Waals surface area contributed by atoms with Gasteiger partial charge < -0.3 is 9.73 Å². The molecule has 0 saturated heterocycles. The molecule has 3 aromatic carbocycles. The van der Waals surface area contributed by atoms with Gasteiger partial charge in [-0.1, -0.05) is 57.9 Å². The second-order valence-corrected chi connectivity index (χ2v) is 7.30. The van der Waals surface area contributed by atoms with E-state index in [2.05, 4.69) is 31.4 Å². The van der Waals surface area contributed by atoms with Crippen molar-refractivity contribution in [2.24, 2.45) is 0 Å². The van der Waals surface area contributed by atoms with Crippen LogP contribution in [0.3, 0.4) is 0 Å². The summed E-state index contributed by atoms with van der Waals surface area (Å²) in [4.78, 5) is 0. The number of hydrogen-bond donors (Lipinski definition) is 1. The predicted molar refractivity (Wildman–Crippen MR) is 111 cm³/mol. The van der Waals surface area contributed by atoms with Crippen LogP contribution in [0, 0.1) is 0 Å². The normalized spacial score (nSPS) is 11.9. The largest absolute Gasteiger partial charge is 0.418 e. The molecule has 0 bridgehead atoms. The minimum Gasteiger partial charge on any atom is -0.418 e. The molecule has 0 spiro atoms. The lowest BCUT2D eigenvalue weighted by molar-refractivity contribution is 0.494. The number of anilines is 1. The van der Waals surface area contributed by atoms with Gasteiger partial charge >= 0.3 is 0 Å². The Balaban J connectivity index is 1.70. The molecule has 0 saturated carbocycles. The maximum absolute atomic E-state index is 6.05. The number of halogens is 2. The van der Waals surface area contributed by atoms with E-state index in [4.69, 9.17) is 16.0 Å². The zero-order valence-corrected chi connectivity index (χ0v) is 16.5. The molecule has 0 aliphatic rings. The first-order valence-corrected chi connectivity index (χ1v) is 9.52. The van der Waals surface area contributed by atoms with Gasteiger partial charge in [0.1, 0.15) is 6.04 Å². The number of rotatable bonds is 5. The first-order chi connectivity index (χ1) is 13.2. The van der Waals surface area contributed by atoms with E-state index >= 15 is 0 Å². The van der Waals surface area contributed by atoms with Crippen LogP contribution in [-0.2, 0) is 0 Å². The van der Waals surface area contributed by atoms with Gasteiger partial charge in [0.05, 0.1) is 0 Å². The summed E-state index contributed by atoms with van der Waals surface area (Å²) in [6.45, 7) is 0. The number of aromatic nitrogens is 2. The molecule has 0 radical (unpaired) electrons. The summed E-state index contributed by atoms with van der Waals surface area (Å²) >= 11 is 9.50. The zero-order chi connectivity index (χ0) is 18.6. The predicted octanol–water partition coefficient (Wildman–Crippen LogP) is 6.35. The van der Waals surface area contributed by atoms with E-state index in [1.54, 1.807) is 0 Å². The van der Waals surface area contributed by atoms with Crippen LogP contribution >= 0.6 is 27.5 Å². The Morgan fingerprint density at radius 1 is 0.852 bits per heavy atom. The van der Waals surface area contributed by atoms with Crippen LogP contribution < -0.4 is 5.32 Å². The van der Waals surface area contributed by atoms with Crippen LogP contribution in [-0.4, -0.2) is 10.2 Å². The minimum atomic E-state index is -0.298. The Kier molecular flexibility index (Phi) is 5.23. The van der Waals surface area contributed by atoms with E-state index in [1.165, 1.54) is 0 Å².